The molecule has 1 aromatic rings. The summed E-state index contributed by atoms with van der Waals surface area (Å²) in [6.07, 6.45) is 10.7. The number of allylic oxidation sites excluding steroid dienone is 2. The number of hydrogen-bond donors (Lipinski definition) is 2. The number of nitrogens with two attached hydrogens (primary N) is 1. The number of fused-ring (bicyclic) bond motifs is 2. The molecule has 0 amide bonds. The molecule has 2 aliphatic carbocycles. The molecule has 0 spiro atoms. The molecule has 3 N–H and O–H groups in total. The summed E-state index contributed by atoms with van der Waals surface area (Å²) in [6.45, 7) is 5.30. The van der Waals surface area contributed by atoms with E-state index in [0.717, 1.165) is 23.8 Å². The highest BCUT2D eigenvalue weighted by atomic mass is 15.1. The van der Waals surface area contributed by atoms with Crippen molar-refractivity contribution >= 4 is 0 Å². The summed E-state index contributed by atoms with van der Waals surface area (Å²) in [5, 5.41) is 2.69. The van der Waals surface area contributed by atoms with E-state index in [2.05, 4.69) is 47.8 Å². The van der Waals surface area contributed by atoms with E-state index < -0.39 is 0 Å². The Morgan fingerprint density at radius 1 is 1.00 bits per heavy atom. The zero-order valence-corrected chi connectivity index (χ0v) is 13.6. The van der Waals surface area contributed by atoms with E-state index in [1.54, 1.807) is 4.90 Å². The van der Waals surface area contributed by atoms with Gasteiger partial charge in [0.25, 0.3) is 0 Å². The summed E-state index contributed by atoms with van der Waals surface area (Å²) in [4.78, 5) is 1.78. The minimum Gasteiger partial charge on any atom is -0.343 e. The van der Waals surface area contributed by atoms with Gasteiger partial charge in [0.2, 0.25) is 0 Å². The van der Waals surface area contributed by atoms with Crippen LogP contribution in [-0.4, -0.2) is 25.7 Å². The molecule has 2 bridgehead atoms. The van der Waals surface area contributed by atoms with E-state index >= 15 is 0 Å². The minimum atomic E-state index is 0.891. The second kappa shape index (κ2) is 6.55. The van der Waals surface area contributed by atoms with Gasteiger partial charge in [0.1, 0.15) is 6.54 Å². The number of benzene rings is 1. The molecule has 1 aliphatic heterocycles. The van der Waals surface area contributed by atoms with Crippen LogP contribution in [0.2, 0.25) is 0 Å². The van der Waals surface area contributed by atoms with Gasteiger partial charge in [-0.2, -0.15) is 0 Å². The average molecular weight is 298 g/mol. The second-order valence-electron chi connectivity index (χ2n) is 7.76. The maximum Gasteiger partial charge on any atom is 0.103 e. The monoisotopic (exact) mass is 298 g/mol. The Morgan fingerprint density at radius 2 is 1.82 bits per heavy atom. The highest BCUT2D eigenvalue weighted by molar-refractivity contribution is 5.13. The predicted molar refractivity (Wildman–Crippen MR) is 89.5 cm³/mol. The van der Waals surface area contributed by atoms with Crippen LogP contribution in [0.5, 0.6) is 0 Å². The summed E-state index contributed by atoms with van der Waals surface area (Å²) in [6, 6.07) is 11.9. The number of nitrogens with one attached hydrogen (secondary N) is 1. The van der Waals surface area contributed by atoms with E-state index in [4.69, 9.17) is 0 Å². The van der Waals surface area contributed by atoms with Crippen LogP contribution in [0.3, 0.4) is 0 Å². The van der Waals surface area contributed by atoms with Gasteiger partial charge in [-0.05, 0) is 24.7 Å². The van der Waals surface area contributed by atoms with Crippen molar-refractivity contribution in [2.75, 3.05) is 19.6 Å². The summed E-state index contributed by atoms with van der Waals surface area (Å²) in [5.41, 5.74) is 1.49. The first-order valence-electron chi connectivity index (χ1n) is 9.26. The molecule has 2 nitrogen and oxygen atoms in total. The van der Waals surface area contributed by atoms with Crippen molar-refractivity contribution in [2.24, 2.45) is 17.8 Å². The molecule has 1 saturated heterocycles. The third kappa shape index (κ3) is 3.28. The third-order valence-electron chi connectivity index (χ3n) is 6.22. The lowest BCUT2D eigenvalue weighted by atomic mass is 9.93. The molecular formula is C20H30N2+2. The Balaban J connectivity index is 1.19. The van der Waals surface area contributed by atoms with Gasteiger partial charge in [-0.3, -0.25) is 0 Å². The Hall–Kier alpha value is -1.12. The highest BCUT2D eigenvalue weighted by Gasteiger charge is 2.37. The SMILES string of the molecule is C1=C[C@H]2C[C@@H]1C[C@H]2C[NH2+]C1CC[NH+](Cc2ccccc2)CC1. The van der Waals surface area contributed by atoms with Crippen LogP contribution in [0.25, 0.3) is 0 Å². The van der Waals surface area contributed by atoms with Crippen molar-refractivity contribution in [2.45, 2.75) is 38.3 Å². The molecule has 0 aromatic heterocycles. The fourth-order valence-corrected chi connectivity index (χ4v) is 4.88. The van der Waals surface area contributed by atoms with Crippen molar-refractivity contribution in [1.29, 1.82) is 0 Å². The lowest BCUT2D eigenvalue weighted by Gasteiger charge is -2.29. The van der Waals surface area contributed by atoms with Crippen LogP contribution in [-0.2, 0) is 6.54 Å². The van der Waals surface area contributed by atoms with Gasteiger partial charge in [-0.25, -0.2) is 0 Å². The quantitative estimate of drug-likeness (QED) is 0.757. The molecule has 3 atom stereocenters. The molecule has 2 fully saturated rings. The second-order valence-corrected chi connectivity index (χ2v) is 7.76. The van der Waals surface area contributed by atoms with Crippen LogP contribution in [0.15, 0.2) is 42.5 Å². The van der Waals surface area contributed by atoms with Crippen molar-refractivity contribution < 1.29 is 10.2 Å². The van der Waals surface area contributed by atoms with Gasteiger partial charge in [0.05, 0.1) is 25.7 Å². The molecule has 2 heteroatoms. The van der Waals surface area contributed by atoms with Crippen LogP contribution >= 0.6 is 0 Å². The number of hydrogen-bond acceptors (Lipinski definition) is 0. The first kappa shape index (κ1) is 14.5. The first-order valence-corrected chi connectivity index (χ1v) is 9.26. The largest absolute Gasteiger partial charge is 0.343 e. The summed E-state index contributed by atoms with van der Waals surface area (Å²) in [7, 11) is 0. The van der Waals surface area contributed by atoms with E-state index in [-0.39, 0.29) is 0 Å². The van der Waals surface area contributed by atoms with Crippen molar-refractivity contribution in [1.82, 2.24) is 0 Å². The summed E-state index contributed by atoms with van der Waals surface area (Å²) >= 11 is 0. The molecule has 1 aromatic carbocycles. The smallest absolute Gasteiger partial charge is 0.103 e. The zero-order valence-electron chi connectivity index (χ0n) is 13.6. The lowest BCUT2D eigenvalue weighted by molar-refractivity contribution is -0.926. The number of rotatable bonds is 5. The summed E-state index contributed by atoms with van der Waals surface area (Å²) < 4.78 is 0. The van der Waals surface area contributed by atoms with Crippen molar-refractivity contribution in [3.05, 3.63) is 48.0 Å². The van der Waals surface area contributed by atoms with Gasteiger partial charge in [-0.1, -0.05) is 42.5 Å². The molecule has 1 saturated carbocycles. The average Bonchev–Trinajstić information content (AvgIpc) is 3.18. The molecule has 0 unspecified atom stereocenters. The Kier molecular flexibility index (Phi) is 4.31. The third-order valence-corrected chi connectivity index (χ3v) is 6.22. The Morgan fingerprint density at radius 3 is 2.50 bits per heavy atom. The topological polar surface area (TPSA) is 21.1 Å². The number of quaternary nitrogens is 2. The standard InChI is InChI=1S/C20H28N2/c1-2-4-16(5-3-1)15-22-10-8-20(9-11-22)21-14-19-13-17-6-7-18(19)12-17/h1-7,17-21H,8-15H2/p+2/t17-,18+,19+/m1/s1. The molecule has 3 aliphatic rings. The van der Waals surface area contributed by atoms with Crippen LogP contribution in [0, 0.1) is 17.8 Å². The van der Waals surface area contributed by atoms with E-state index in [1.165, 1.54) is 57.4 Å². The first-order chi connectivity index (χ1) is 10.9. The maximum absolute atomic E-state index is 2.69. The molecule has 4 rings (SSSR count). The van der Waals surface area contributed by atoms with Gasteiger partial charge in [0.15, 0.2) is 0 Å². The zero-order chi connectivity index (χ0) is 14.8. The molecule has 22 heavy (non-hydrogen) atoms. The van der Waals surface area contributed by atoms with E-state index in [9.17, 15) is 0 Å². The van der Waals surface area contributed by atoms with Crippen LogP contribution in [0.4, 0.5) is 0 Å². The fourth-order valence-electron chi connectivity index (χ4n) is 4.88. The highest BCUT2D eigenvalue weighted by Crippen LogP contribution is 2.42. The van der Waals surface area contributed by atoms with Gasteiger partial charge in [-0.15, -0.1) is 0 Å². The molecule has 1 heterocycles. The molecule has 118 valence electrons. The van der Waals surface area contributed by atoms with Crippen molar-refractivity contribution in [3.8, 4) is 0 Å². The van der Waals surface area contributed by atoms with Crippen LogP contribution < -0.4 is 10.2 Å². The predicted octanol–water partition coefficient (Wildman–Crippen LogP) is 1.01. The Bertz CT molecular complexity index is 502. The van der Waals surface area contributed by atoms with Crippen LogP contribution in [0.1, 0.15) is 31.2 Å². The lowest BCUT2D eigenvalue weighted by Crippen LogP contribution is -3.13. The number of likely N-dealkylation sites (tertiary alicyclic amines) is 1. The molecule has 0 radical (unpaired) electrons. The fraction of sp³-hybridized carbons (Fsp3) is 0.600. The van der Waals surface area contributed by atoms with Gasteiger partial charge >= 0.3 is 0 Å². The Labute approximate surface area is 134 Å². The molecular weight excluding hydrogens is 268 g/mol. The van der Waals surface area contributed by atoms with Gasteiger partial charge < -0.3 is 10.2 Å². The van der Waals surface area contributed by atoms with E-state index in [1.807, 2.05) is 0 Å². The maximum atomic E-state index is 2.69. The van der Waals surface area contributed by atoms with Crippen molar-refractivity contribution in [3.63, 3.8) is 0 Å². The number of piperidine rings is 1. The minimum absolute atomic E-state index is 0.891. The normalized spacial score (nSPS) is 36.8. The summed E-state index contributed by atoms with van der Waals surface area (Å²) in [5.74, 6) is 2.83. The van der Waals surface area contributed by atoms with E-state index in [0.29, 0.717) is 0 Å². The van der Waals surface area contributed by atoms with Gasteiger partial charge in [0, 0.05) is 24.3 Å².